The first-order chi connectivity index (χ1) is 13.9. The minimum absolute atomic E-state index is 0.232. The lowest BCUT2D eigenvalue weighted by atomic mass is 10.1. The molecule has 0 atom stereocenters. The first-order valence-corrected chi connectivity index (χ1v) is 8.90. The Morgan fingerprint density at radius 3 is 2.38 bits per heavy atom. The van der Waals surface area contributed by atoms with Crippen molar-refractivity contribution in [2.75, 3.05) is 5.43 Å². The van der Waals surface area contributed by atoms with Crippen molar-refractivity contribution in [3.8, 4) is 11.3 Å². The van der Waals surface area contributed by atoms with Gasteiger partial charge in [-0.3, -0.25) is 5.43 Å². The number of nitrogens with one attached hydrogen (secondary N) is 1. The van der Waals surface area contributed by atoms with E-state index in [0.717, 1.165) is 40.0 Å². The molecule has 0 aliphatic carbocycles. The van der Waals surface area contributed by atoms with Crippen LogP contribution in [0.2, 0.25) is 0 Å². The second kappa shape index (κ2) is 7.43. The van der Waals surface area contributed by atoms with Gasteiger partial charge in [0.2, 0.25) is 0 Å². The van der Waals surface area contributed by atoms with Gasteiger partial charge in [-0.2, -0.15) is 18.3 Å². The molecule has 2 aromatic heterocycles. The lowest BCUT2D eigenvalue weighted by Gasteiger charge is -2.07. The number of fused-ring (bicyclic) bond motifs is 1. The summed E-state index contributed by atoms with van der Waals surface area (Å²) in [5.41, 5.74) is 5.91. The Hall–Kier alpha value is -3.61. The Labute approximate surface area is 165 Å². The number of benzene rings is 2. The molecule has 0 bridgehead atoms. The van der Waals surface area contributed by atoms with Gasteiger partial charge in [0.1, 0.15) is 5.82 Å². The highest BCUT2D eigenvalue weighted by molar-refractivity contribution is 6.06. The summed E-state index contributed by atoms with van der Waals surface area (Å²) in [5, 5.41) is 5.25. The Kier molecular flexibility index (Phi) is 4.80. The van der Waals surface area contributed by atoms with Gasteiger partial charge in [0, 0.05) is 29.7 Å². The van der Waals surface area contributed by atoms with Gasteiger partial charge in [0.15, 0.2) is 0 Å². The third-order valence-electron chi connectivity index (χ3n) is 4.66. The van der Waals surface area contributed by atoms with E-state index in [0.29, 0.717) is 0 Å². The van der Waals surface area contributed by atoms with Crippen LogP contribution in [0.25, 0.3) is 22.2 Å². The number of halogens is 3. The van der Waals surface area contributed by atoms with Crippen LogP contribution in [0.3, 0.4) is 0 Å². The lowest BCUT2D eigenvalue weighted by molar-refractivity contribution is -0.137. The van der Waals surface area contributed by atoms with Crippen molar-refractivity contribution in [2.45, 2.75) is 6.18 Å². The fourth-order valence-electron chi connectivity index (χ4n) is 3.29. The monoisotopic (exact) mass is 394 g/mol. The molecule has 4 aromatic rings. The van der Waals surface area contributed by atoms with Gasteiger partial charge in [-0.05, 0) is 23.8 Å². The van der Waals surface area contributed by atoms with E-state index in [9.17, 15) is 13.2 Å². The maximum atomic E-state index is 12.7. The molecule has 2 heterocycles. The molecule has 0 saturated heterocycles. The average Bonchev–Trinajstić information content (AvgIpc) is 3.01. The minimum atomic E-state index is -4.41. The van der Waals surface area contributed by atoms with E-state index < -0.39 is 11.7 Å². The summed E-state index contributed by atoms with van der Waals surface area (Å²) in [7, 11) is 1.99. The molecule has 0 amide bonds. The number of hydrazone groups is 1. The van der Waals surface area contributed by atoms with E-state index in [1.165, 1.54) is 6.07 Å². The van der Waals surface area contributed by atoms with Crippen molar-refractivity contribution in [3.63, 3.8) is 0 Å². The normalized spacial score (nSPS) is 12.0. The molecule has 0 spiro atoms. The highest BCUT2D eigenvalue weighted by Crippen LogP contribution is 2.32. The lowest BCUT2D eigenvalue weighted by Crippen LogP contribution is -2.05. The summed E-state index contributed by atoms with van der Waals surface area (Å²) in [5.74, 6) is 0.232. The Morgan fingerprint density at radius 1 is 0.966 bits per heavy atom. The average molecular weight is 394 g/mol. The summed E-state index contributed by atoms with van der Waals surface area (Å²) in [4.78, 5) is 3.77. The summed E-state index contributed by atoms with van der Waals surface area (Å²) >= 11 is 0. The van der Waals surface area contributed by atoms with E-state index >= 15 is 0 Å². The van der Waals surface area contributed by atoms with E-state index in [-0.39, 0.29) is 5.82 Å². The molecule has 0 aliphatic rings. The molecule has 146 valence electrons. The van der Waals surface area contributed by atoms with Crippen LogP contribution in [-0.4, -0.2) is 15.8 Å². The van der Waals surface area contributed by atoms with Crippen molar-refractivity contribution in [1.82, 2.24) is 9.55 Å². The number of anilines is 1. The standard InChI is InChI=1S/C22H17F3N4/c1-29-19-10-6-5-9-17(19)18(21(29)15-7-3-2-4-8-15)14-27-28-20-12-11-16(13-26-20)22(23,24)25/h2-14H,1H3,(H,26,28)/b27-14-. The fraction of sp³-hybridized carbons (Fsp3) is 0.0909. The van der Waals surface area contributed by atoms with Gasteiger partial charge in [0.25, 0.3) is 0 Å². The molecular weight excluding hydrogens is 377 g/mol. The number of pyridine rings is 1. The third kappa shape index (κ3) is 3.71. The van der Waals surface area contributed by atoms with E-state index in [2.05, 4.69) is 20.1 Å². The van der Waals surface area contributed by atoms with Crippen molar-refractivity contribution < 1.29 is 13.2 Å². The van der Waals surface area contributed by atoms with Crippen molar-refractivity contribution in [2.24, 2.45) is 12.1 Å². The molecule has 29 heavy (non-hydrogen) atoms. The van der Waals surface area contributed by atoms with Crippen LogP contribution in [0.5, 0.6) is 0 Å². The quantitative estimate of drug-likeness (QED) is 0.356. The van der Waals surface area contributed by atoms with Crippen LogP contribution >= 0.6 is 0 Å². The predicted molar refractivity (Wildman–Crippen MR) is 109 cm³/mol. The second-order valence-corrected chi connectivity index (χ2v) is 6.50. The van der Waals surface area contributed by atoms with Gasteiger partial charge in [-0.1, -0.05) is 48.5 Å². The van der Waals surface area contributed by atoms with Crippen molar-refractivity contribution >= 4 is 22.9 Å². The van der Waals surface area contributed by atoms with Gasteiger partial charge < -0.3 is 4.57 Å². The topological polar surface area (TPSA) is 42.2 Å². The minimum Gasteiger partial charge on any atom is -0.343 e. The van der Waals surface area contributed by atoms with E-state index in [4.69, 9.17) is 0 Å². The Bertz CT molecular complexity index is 1160. The molecule has 4 rings (SSSR count). The summed E-state index contributed by atoms with van der Waals surface area (Å²) in [6.45, 7) is 0. The molecular formula is C22H17F3N4. The van der Waals surface area contributed by atoms with Crippen LogP contribution in [0.1, 0.15) is 11.1 Å². The maximum Gasteiger partial charge on any atom is 0.417 e. The molecule has 1 N–H and O–H groups in total. The summed E-state index contributed by atoms with van der Waals surface area (Å²) in [6, 6.07) is 20.1. The molecule has 0 fully saturated rings. The SMILES string of the molecule is Cn1c(-c2ccccc2)c(/C=N\Nc2ccc(C(F)(F)F)cn2)c2ccccc21. The summed E-state index contributed by atoms with van der Waals surface area (Å²) < 4.78 is 40.1. The Morgan fingerprint density at radius 2 is 1.69 bits per heavy atom. The van der Waals surface area contributed by atoms with Crippen LogP contribution in [0.15, 0.2) is 78.0 Å². The number of alkyl halides is 3. The first kappa shape index (κ1) is 18.7. The van der Waals surface area contributed by atoms with E-state index in [1.807, 2.05) is 61.6 Å². The van der Waals surface area contributed by atoms with Crippen LogP contribution in [-0.2, 0) is 13.2 Å². The van der Waals surface area contributed by atoms with Gasteiger partial charge in [-0.25, -0.2) is 4.98 Å². The smallest absolute Gasteiger partial charge is 0.343 e. The van der Waals surface area contributed by atoms with Gasteiger partial charge in [0.05, 0.1) is 17.5 Å². The first-order valence-electron chi connectivity index (χ1n) is 8.90. The number of aromatic nitrogens is 2. The molecule has 2 aromatic carbocycles. The van der Waals surface area contributed by atoms with Crippen molar-refractivity contribution in [1.29, 1.82) is 0 Å². The predicted octanol–water partition coefficient (Wildman–Crippen LogP) is 5.71. The second-order valence-electron chi connectivity index (χ2n) is 6.50. The number of aryl methyl sites for hydroxylation is 1. The fourth-order valence-corrected chi connectivity index (χ4v) is 3.29. The zero-order valence-electron chi connectivity index (χ0n) is 15.5. The zero-order chi connectivity index (χ0) is 20.4. The number of hydrogen-bond donors (Lipinski definition) is 1. The van der Waals surface area contributed by atoms with Crippen LogP contribution in [0.4, 0.5) is 19.0 Å². The molecule has 0 unspecified atom stereocenters. The molecule has 0 saturated carbocycles. The number of para-hydroxylation sites is 1. The molecule has 4 nitrogen and oxygen atoms in total. The highest BCUT2D eigenvalue weighted by Gasteiger charge is 2.30. The van der Waals surface area contributed by atoms with E-state index in [1.54, 1.807) is 6.21 Å². The number of nitrogens with zero attached hydrogens (tertiary/aromatic N) is 3. The molecule has 0 radical (unpaired) electrons. The molecule has 0 aliphatic heterocycles. The zero-order valence-corrected chi connectivity index (χ0v) is 15.5. The maximum absolute atomic E-state index is 12.7. The molecule has 7 heteroatoms. The van der Waals surface area contributed by atoms with Crippen molar-refractivity contribution in [3.05, 3.63) is 84.1 Å². The van der Waals surface area contributed by atoms with Gasteiger partial charge in [-0.15, -0.1) is 0 Å². The Balaban J connectivity index is 1.69. The number of rotatable bonds is 4. The van der Waals surface area contributed by atoms with Crippen LogP contribution in [0, 0.1) is 0 Å². The third-order valence-corrected chi connectivity index (χ3v) is 4.66. The highest BCUT2D eigenvalue weighted by atomic mass is 19.4. The summed E-state index contributed by atoms with van der Waals surface area (Å²) in [6.07, 6.45) is -1.96. The van der Waals surface area contributed by atoms with Crippen LogP contribution < -0.4 is 5.43 Å². The van der Waals surface area contributed by atoms with Gasteiger partial charge >= 0.3 is 6.18 Å². The largest absolute Gasteiger partial charge is 0.417 e. The number of hydrogen-bond acceptors (Lipinski definition) is 3.